The van der Waals surface area contributed by atoms with E-state index < -0.39 is 23.5 Å². The standard InChI is InChI=1S/C10H18N2O5/c1-16-6-7(11)8(13)12-10(9(14)15)2-4-17-5-3-10/h7H,2-6,11H2,1H3,(H,12,13)(H,14,15). The molecule has 7 nitrogen and oxygen atoms in total. The number of hydrogen-bond donors (Lipinski definition) is 3. The maximum Gasteiger partial charge on any atom is 0.329 e. The van der Waals surface area contributed by atoms with Crippen LogP contribution in [0.25, 0.3) is 0 Å². The van der Waals surface area contributed by atoms with Crippen LogP contribution in [0.4, 0.5) is 0 Å². The predicted molar refractivity (Wildman–Crippen MR) is 58.4 cm³/mol. The number of amides is 1. The van der Waals surface area contributed by atoms with Gasteiger partial charge in [0.25, 0.3) is 0 Å². The normalized spacial score (nSPS) is 20.6. The van der Waals surface area contributed by atoms with E-state index >= 15 is 0 Å². The van der Waals surface area contributed by atoms with E-state index in [-0.39, 0.29) is 19.4 Å². The smallest absolute Gasteiger partial charge is 0.329 e. The Labute approximate surface area is 99.3 Å². The molecular formula is C10H18N2O5. The Kier molecular flexibility index (Phi) is 4.86. The second-order valence-corrected chi connectivity index (χ2v) is 4.05. The summed E-state index contributed by atoms with van der Waals surface area (Å²) in [6.45, 7) is 0.677. The molecule has 0 bridgehead atoms. The third-order valence-electron chi connectivity index (χ3n) is 2.80. The molecule has 0 spiro atoms. The number of carbonyl (C=O) groups is 2. The van der Waals surface area contributed by atoms with Crippen LogP contribution < -0.4 is 11.1 Å². The molecule has 4 N–H and O–H groups in total. The van der Waals surface area contributed by atoms with Crippen molar-refractivity contribution in [3.05, 3.63) is 0 Å². The molecule has 98 valence electrons. The second-order valence-electron chi connectivity index (χ2n) is 4.05. The molecular weight excluding hydrogens is 228 g/mol. The first-order valence-corrected chi connectivity index (χ1v) is 5.39. The highest BCUT2D eigenvalue weighted by molar-refractivity contribution is 5.89. The van der Waals surface area contributed by atoms with Gasteiger partial charge in [-0.05, 0) is 0 Å². The van der Waals surface area contributed by atoms with Crippen LogP contribution in [0.1, 0.15) is 12.8 Å². The van der Waals surface area contributed by atoms with E-state index in [2.05, 4.69) is 5.32 Å². The van der Waals surface area contributed by atoms with Crippen molar-refractivity contribution in [1.82, 2.24) is 5.32 Å². The van der Waals surface area contributed by atoms with Crippen molar-refractivity contribution in [2.45, 2.75) is 24.4 Å². The monoisotopic (exact) mass is 246 g/mol. The SMILES string of the molecule is COCC(N)C(=O)NC1(C(=O)O)CCOCC1. The number of hydrogen-bond acceptors (Lipinski definition) is 5. The summed E-state index contributed by atoms with van der Waals surface area (Å²) in [6, 6.07) is -0.862. The number of nitrogens with two attached hydrogens (primary N) is 1. The minimum absolute atomic E-state index is 0.0536. The van der Waals surface area contributed by atoms with Gasteiger partial charge < -0.3 is 25.6 Å². The van der Waals surface area contributed by atoms with Crippen molar-refractivity contribution in [3.63, 3.8) is 0 Å². The van der Waals surface area contributed by atoms with E-state index in [1.807, 2.05) is 0 Å². The van der Waals surface area contributed by atoms with Gasteiger partial charge in [0.15, 0.2) is 0 Å². The van der Waals surface area contributed by atoms with Gasteiger partial charge >= 0.3 is 5.97 Å². The zero-order valence-electron chi connectivity index (χ0n) is 9.77. The highest BCUT2D eigenvalue weighted by Crippen LogP contribution is 2.21. The van der Waals surface area contributed by atoms with E-state index in [9.17, 15) is 14.7 Å². The zero-order valence-corrected chi connectivity index (χ0v) is 9.77. The summed E-state index contributed by atoms with van der Waals surface area (Å²) in [5.74, 6) is -1.57. The fourth-order valence-corrected chi connectivity index (χ4v) is 1.70. The molecule has 0 saturated carbocycles. The van der Waals surface area contributed by atoms with Crippen LogP contribution in [-0.2, 0) is 19.1 Å². The average Bonchev–Trinajstić information content (AvgIpc) is 2.30. The lowest BCUT2D eigenvalue weighted by molar-refractivity contribution is -0.152. The van der Waals surface area contributed by atoms with E-state index in [4.69, 9.17) is 15.2 Å². The van der Waals surface area contributed by atoms with Gasteiger partial charge in [-0.2, -0.15) is 0 Å². The number of ether oxygens (including phenoxy) is 2. The van der Waals surface area contributed by atoms with Gasteiger partial charge in [-0.25, -0.2) is 4.79 Å². The fourth-order valence-electron chi connectivity index (χ4n) is 1.70. The van der Waals surface area contributed by atoms with Crippen LogP contribution in [0.2, 0.25) is 0 Å². The Morgan fingerprint density at radius 3 is 2.59 bits per heavy atom. The van der Waals surface area contributed by atoms with Crippen molar-refractivity contribution in [1.29, 1.82) is 0 Å². The molecule has 1 heterocycles. The summed E-state index contributed by atoms with van der Waals surface area (Å²) >= 11 is 0. The average molecular weight is 246 g/mol. The summed E-state index contributed by atoms with van der Waals surface area (Å²) < 4.78 is 9.84. The van der Waals surface area contributed by atoms with Crippen molar-refractivity contribution in [2.75, 3.05) is 26.9 Å². The van der Waals surface area contributed by atoms with Crippen LogP contribution in [0.15, 0.2) is 0 Å². The van der Waals surface area contributed by atoms with Crippen LogP contribution in [0.3, 0.4) is 0 Å². The van der Waals surface area contributed by atoms with Crippen LogP contribution in [0.5, 0.6) is 0 Å². The van der Waals surface area contributed by atoms with Crippen molar-refractivity contribution in [2.24, 2.45) is 5.73 Å². The van der Waals surface area contributed by atoms with E-state index in [0.29, 0.717) is 13.2 Å². The molecule has 1 aliphatic rings. The summed E-state index contributed by atoms with van der Waals surface area (Å²) in [6.07, 6.45) is 0.488. The lowest BCUT2D eigenvalue weighted by Gasteiger charge is -2.34. The summed E-state index contributed by atoms with van der Waals surface area (Å²) in [7, 11) is 1.43. The molecule has 0 aromatic heterocycles. The summed E-state index contributed by atoms with van der Waals surface area (Å²) in [5, 5.41) is 11.7. The minimum atomic E-state index is -1.26. The van der Waals surface area contributed by atoms with Crippen molar-refractivity contribution in [3.8, 4) is 0 Å². The summed E-state index contributed by atoms with van der Waals surface area (Å²) in [4.78, 5) is 22.9. The highest BCUT2D eigenvalue weighted by Gasteiger charge is 2.42. The van der Waals surface area contributed by atoms with Crippen LogP contribution in [0, 0.1) is 0 Å². The van der Waals surface area contributed by atoms with E-state index in [0.717, 1.165) is 0 Å². The molecule has 1 saturated heterocycles. The third-order valence-corrected chi connectivity index (χ3v) is 2.80. The first-order valence-electron chi connectivity index (χ1n) is 5.39. The number of carboxylic acid groups (broad SMARTS) is 1. The van der Waals surface area contributed by atoms with Crippen LogP contribution in [-0.4, -0.2) is 55.5 Å². The van der Waals surface area contributed by atoms with Crippen molar-refractivity contribution >= 4 is 11.9 Å². The van der Waals surface area contributed by atoms with Crippen molar-refractivity contribution < 1.29 is 24.2 Å². The van der Waals surface area contributed by atoms with E-state index in [1.165, 1.54) is 7.11 Å². The Hall–Kier alpha value is -1.18. The molecule has 1 fully saturated rings. The fraction of sp³-hybridized carbons (Fsp3) is 0.800. The topological polar surface area (TPSA) is 111 Å². The lowest BCUT2D eigenvalue weighted by Crippen LogP contribution is -2.61. The first kappa shape index (κ1) is 13.9. The Morgan fingerprint density at radius 2 is 2.12 bits per heavy atom. The number of methoxy groups -OCH3 is 1. The number of aliphatic carboxylic acids is 1. The molecule has 0 aliphatic carbocycles. The molecule has 1 atom stereocenters. The Bertz CT molecular complexity index is 288. The maximum atomic E-state index is 11.7. The van der Waals surface area contributed by atoms with Gasteiger partial charge in [0.2, 0.25) is 5.91 Å². The predicted octanol–water partition coefficient (Wildman–Crippen LogP) is -1.29. The number of carbonyl (C=O) groups excluding carboxylic acids is 1. The molecule has 1 unspecified atom stereocenters. The van der Waals surface area contributed by atoms with Crippen LogP contribution >= 0.6 is 0 Å². The van der Waals surface area contributed by atoms with Gasteiger partial charge in [-0.3, -0.25) is 4.79 Å². The quantitative estimate of drug-likeness (QED) is 0.556. The van der Waals surface area contributed by atoms with Gasteiger partial charge in [0.1, 0.15) is 11.6 Å². The third kappa shape index (κ3) is 3.39. The Balaban J connectivity index is 2.66. The minimum Gasteiger partial charge on any atom is -0.480 e. The largest absolute Gasteiger partial charge is 0.480 e. The van der Waals surface area contributed by atoms with Gasteiger partial charge in [-0.15, -0.1) is 0 Å². The highest BCUT2D eigenvalue weighted by atomic mass is 16.5. The molecule has 1 rings (SSSR count). The Morgan fingerprint density at radius 1 is 1.53 bits per heavy atom. The zero-order chi connectivity index (χ0) is 12.9. The number of nitrogens with one attached hydrogen (secondary N) is 1. The maximum absolute atomic E-state index is 11.7. The number of rotatable bonds is 5. The molecule has 0 radical (unpaired) electrons. The molecule has 0 aromatic carbocycles. The summed E-state index contributed by atoms with van der Waals surface area (Å²) in [5.41, 5.74) is 4.28. The number of carboxylic acids is 1. The molecule has 1 aliphatic heterocycles. The second kappa shape index (κ2) is 5.95. The lowest BCUT2D eigenvalue weighted by atomic mass is 9.90. The van der Waals surface area contributed by atoms with Gasteiger partial charge in [0, 0.05) is 33.2 Å². The van der Waals surface area contributed by atoms with Gasteiger partial charge in [0.05, 0.1) is 6.61 Å². The molecule has 17 heavy (non-hydrogen) atoms. The molecule has 0 aromatic rings. The molecule has 7 heteroatoms. The first-order chi connectivity index (χ1) is 8.02. The van der Waals surface area contributed by atoms with Gasteiger partial charge in [-0.1, -0.05) is 0 Å². The molecule has 1 amide bonds. The van der Waals surface area contributed by atoms with E-state index in [1.54, 1.807) is 0 Å².